The fourth-order valence-electron chi connectivity index (χ4n) is 3.88. The predicted molar refractivity (Wildman–Crippen MR) is 73.6 cm³/mol. The summed E-state index contributed by atoms with van der Waals surface area (Å²) in [6.07, 6.45) is 7.73. The third-order valence-corrected chi connectivity index (χ3v) is 5.05. The Morgan fingerprint density at radius 2 is 1.89 bits per heavy atom. The van der Waals surface area contributed by atoms with Gasteiger partial charge in [-0.15, -0.1) is 0 Å². The van der Waals surface area contributed by atoms with E-state index in [-0.39, 0.29) is 6.04 Å². The van der Waals surface area contributed by atoms with Gasteiger partial charge < -0.3 is 9.64 Å². The van der Waals surface area contributed by atoms with E-state index in [4.69, 9.17) is 4.74 Å². The summed E-state index contributed by atoms with van der Waals surface area (Å²) in [5.74, 6) is 1.62. The molecule has 0 bridgehead atoms. The first kappa shape index (κ1) is 13.4. The van der Waals surface area contributed by atoms with Crippen molar-refractivity contribution in [2.75, 3.05) is 19.8 Å². The van der Waals surface area contributed by atoms with E-state index in [9.17, 15) is 4.79 Å². The fraction of sp³-hybridized carbons (Fsp3) is 0.933. The topological polar surface area (TPSA) is 41.6 Å². The zero-order chi connectivity index (χ0) is 13.2. The summed E-state index contributed by atoms with van der Waals surface area (Å²) in [6, 6.07) is 0.00504. The van der Waals surface area contributed by atoms with Crippen LogP contribution < -0.4 is 5.32 Å². The minimum Gasteiger partial charge on any atom is -0.381 e. The number of amides is 1. The number of hydrogen-bond acceptors (Lipinski definition) is 3. The van der Waals surface area contributed by atoms with Crippen LogP contribution in [0.25, 0.3) is 0 Å². The lowest BCUT2D eigenvalue weighted by Gasteiger charge is -2.33. The third-order valence-electron chi connectivity index (χ3n) is 5.05. The molecule has 4 heteroatoms. The van der Waals surface area contributed by atoms with Gasteiger partial charge in [0.25, 0.3) is 0 Å². The van der Waals surface area contributed by atoms with E-state index < -0.39 is 0 Å². The zero-order valence-corrected chi connectivity index (χ0v) is 11.9. The van der Waals surface area contributed by atoms with Crippen LogP contribution in [0.15, 0.2) is 0 Å². The molecule has 1 saturated carbocycles. The van der Waals surface area contributed by atoms with E-state index in [0.29, 0.717) is 23.9 Å². The summed E-state index contributed by atoms with van der Waals surface area (Å²) in [5.41, 5.74) is 0. The average molecular weight is 266 g/mol. The van der Waals surface area contributed by atoms with Crippen LogP contribution in [-0.2, 0) is 9.53 Å². The standard InChI is InChI=1S/C15H26N2O2/c1-11-15(18)17(10-12-6-8-19-9-7-12)14(16-11)13-4-2-3-5-13/h11-14,16H,2-10H2,1H3. The number of carbonyl (C=O) groups excluding carboxylic acids is 1. The molecule has 0 aromatic carbocycles. The molecule has 108 valence electrons. The third kappa shape index (κ3) is 2.79. The SMILES string of the molecule is CC1NC(C2CCCC2)N(CC2CCOCC2)C1=O. The lowest BCUT2D eigenvalue weighted by Crippen LogP contribution is -2.45. The van der Waals surface area contributed by atoms with E-state index in [1.54, 1.807) is 0 Å². The van der Waals surface area contributed by atoms with Gasteiger partial charge in [-0.2, -0.15) is 0 Å². The Hall–Kier alpha value is -0.610. The van der Waals surface area contributed by atoms with Crippen LogP contribution in [0.2, 0.25) is 0 Å². The smallest absolute Gasteiger partial charge is 0.240 e. The van der Waals surface area contributed by atoms with Crippen molar-refractivity contribution in [2.45, 2.75) is 57.7 Å². The molecule has 2 heterocycles. The summed E-state index contributed by atoms with van der Waals surface area (Å²) in [7, 11) is 0. The van der Waals surface area contributed by atoms with Gasteiger partial charge >= 0.3 is 0 Å². The molecule has 2 unspecified atom stereocenters. The van der Waals surface area contributed by atoms with E-state index in [0.717, 1.165) is 32.6 Å². The maximum Gasteiger partial charge on any atom is 0.240 e. The number of carbonyl (C=O) groups is 1. The lowest BCUT2D eigenvalue weighted by molar-refractivity contribution is -0.131. The predicted octanol–water partition coefficient (Wildman–Crippen LogP) is 1.75. The lowest BCUT2D eigenvalue weighted by atomic mass is 9.97. The van der Waals surface area contributed by atoms with Gasteiger partial charge in [0, 0.05) is 19.8 Å². The molecule has 2 aliphatic heterocycles. The van der Waals surface area contributed by atoms with Crippen molar-refractivity contribution in [3.63, 3.8) is 0 Å². The molecule has 4 nitrogen and oxygen atoms in total. The van der Waals surface area contributed by atoms with Gasteiger partial charge in [-0.05, 0) is 44.4 Å². The minimum absolute atomic E-state index is 0.00504. The van der Waals surface area contributed by atoms with Crippen LogP contribution in [-0.4, -0.2) is 42.8 Å². The number of hydrogen-bond donors (Lipinski definition) is 1. The van der Waals surface area contributed by atoms with Crippen molar-refractivity contribution in [1.82, 2.24) is 10.2 Å². The molecule has 19 heavy (non-hydrogen) atoms. The van der Waals surface area contributed by atoms with Gasteiger partial charge in [0.1, 0.15) is 0 Å². The Labute approximate surface area is 115 Å². The van der Waals surface area contributed by atoms with E-state index in [1.807, 2.05) is 6.92 Å². The van der Waals surface area contributed by atoms with Crippen LogP contribution in [0.5, 0.6) is 0 Å². The van der Waals surface area contributed by atoms with Crippen molar-refractivity contribution in [3.8, 4) is 0 Å². The van der Waals surface area contributed by atoms with Gasteiger partial charge in [0.15, 0.2) is 0 Å². The number of nitrogens with one attached hydrogen (secondary N) is 1. The van der Waals surface area contributed by atoms with Crippen molar-refractivity contribution in [3.05, 3.63) is 0 Å². The van der Waals surface area contributed by atoms with Gasteiger partial charge in [0.2, 0.25) is 5.91 Å². The van der Waals surface area contributed by atoms with Crippen LogP contribution >= 0.6 is 0 Å². The molecule has 3 fully saturated rings. The molecule has 0 aromatic rings. The highest BCUT2D eigenvalue weighted by atomic mass is 16.5. The summed E-state index contributed by atoms with van der Waals surface area (Å²) in [4.78, 5) is 14.5. The van der Waals surface area contributed by atoms with Crippen LogP contribution in [0.3, 0.4) is 0 Å². The molecule has 1 N–H and O–H groups in total. The summed E-state index contributed by atoms with van der Waals surface area (Å²) in [6.45, 7) is 4.67. The van der Waals surface area contributed by atoms with E-state index in [2.05, 4.69) is 10.2 Å². The van der Waals surface area contributed by atoms with Crippen molar-refractivity contribution in [2.24, 2.45) is 11.8 Å². The highest BCUT2D eigenvalue weighted by Crippen LogP contribution is 2.33. The Balaban J connectivity index is 1.66. The number of nitrogens with zero attached hydrogens (tertiary/aromatic N) is 1. The monoisotopic (exact) mass is 266 g/mol. The Morgan fingerprint density at radius 1 is 1.21 bits per heavy atom. The second-order valence-electron chi connectivity index (χ2n) is 6.42. The molecule has 1 amide bonds. The molecule has 3 aliphatic rings. The second kappa shape index (κ2) is 5.80. The molecule has 0 aromatic heterocycles. The molecular weight excluding hydrogens is 240 g/mol. The molecule has 0 radical (unpaired) electrons. The highest BCUT2D eigenvalue weighted by Gasteiger charge is 2.41. The zero-order valence-electron chi connectivity index (χ0n) is 11.9. The van der Waals surface area contributed by atoms with E-state index in [1.165, 1.54) is 25.7 Å². The van der Waals surface area contributed by atoms with Crippen molar-refractivity contribution < 1.29 is 9.53 Å². The van der Waals surface area contributed by atoms with E-state index >= 15 is 0 Å². The first-order valence-electron chi connectivity index (χ1n) is 7.90. The molecule has 2 atom stereocenters. The van der Waals surface area contributed by atoms with Gasteiger partial charge in [-0.1, -0.05) is 12.8 Å². The quantitative estimate of drug-likeness (QED) is 0.846. The Bertz CT molecular complexity index is 322. The highest BCUT2D eigenvalue weighted by molar-refractivity contribution is 5.84. The Morgan fingerprint density at radius 3 is 2.58 bits per heavy atom. The van der Waals surface area contributed by atoms with Crippen molar-refractivity contribution >= 4 is 5.91 Å². The van der Waals surface area contributed by atoms with Crippen LogP contribution in [0, 0.1) is 11.8 Å². The molecule has 3 rings (SSSR count). The minimum atomic E-state index is 0.00504. The molecular formula is C15H26N2O2. The first-order chi connectivity index (χ1) is 9.25. The van der Waals surface area contributed by atoms with Crippen LogP contribution in [0.1, 0.15) is 45.4 Å². The fourth-order valence-corrected chi connectivity index (χ4v) is 3.88. The maximum atomic E-state index is 12.4. The van der Waals surface area contributed by atoms with Crippen LogP contribution in [0.4, 0.5) is 0 Å². The number of ether oxygens (including phenoxy) is 1. The summed E-state index contributed by atoms with van der Waals surface area (Å²) in [5, 5.41) is 3.53. The maximum absolute atomic E-state index is 12.4. The van der Waals surface area contributed by atoms with Gasteiger partial charge in [-0.3, -0.25) is 10.1 Å². The molecule has 2 saturated heterocycles. The van der Waals surface area contributed by atoms with Gasteiger partial charge in [0.05, 0.1) is 12.2 Å². The largest absolute Gasteiger partial charge is 0.381 e. The molecule has 0 spiro atoms. The summed E-state index contributed by atoms with van der Waals surface area (Å²) >= 11 is 0. The normalized spacial score (nSPS) is 34.4. The molecule has 1 aliphatic carbocycles. The average Bonchev–Trinajstić information content (AvgIpc) is 3.04. The number of rotatable bonds is 3. The summed E-state index contributed by atoms with van der Waals surface area (Å²) < 4.78 is 5.42. The van der Waals surface area contributed by atoms with Gasteiger partial charge in [-0.25, -0.2) is 0 Å². The first-order valence-corrected chi connectivity index (χ1v) is 7.90. The van der Waals surface area contributed by atoms with Crippen molar-refractivity contribution in [1.29, 1.82) is 0 Å². The second-order valence-corrected chi connectivity index (χ2v) is 6.42. The Kier molecular flexibility index (Phi) is 4.08.